The van der Waals surface area contributed by atoms with E-state index in [2.05, 4.69) is 5.32 Å². The lowest BCUT2D eigenvalue weighted by atomic mass is 10.1. The SMILES string of the molecule is Cc1ccc(C(=O)NCCCS(N)(=O)=O)c(C)c1. The van der Waals surface area contributed by atoms with E-state index in [-0.39, 0.29) is 11.7 Å². The summed E-state index contributed by atoms with van der Waals surface area (Å²) in [5.74, 6) is -0.318. The van der Waals surface area contributed by atoms with Crippen LogP contribution in [0.4, 0.5) is 0 Å². The number of hydrogen-bond acceptors (Lipinski definition) is 3. The average molecular weight is 270 g/mol. The van der Waals surface area contributed by atoms with Crippen LogP contribution in [0.1, 0.15) is 27.9 Å². The minimum Gasteiger partial charge on any atom is -0.352 e. The number of primary sulfonamides is 1. The molecule has 3 N–H and O–H groups in total. The molecule has 6 heteroatoms. The van der Waals surface area contributed by atoms with Crippen molar-refractivity contribution < 1.29 is 13.2 Å². The van der Waals surface area contributed by atoms with Crippen LogP contribution < -0.4 is 10.5 Å². The minimum absolute atomic E-state index is 0.125. The Kier molecular flexibility index (Phi) is 4.86. The third kappa shape index (κ3) is 4.85. The van der Waals surface area contributed by atoms with E-state index in [1.165, 1.54) is 0 Å². The highest BCUT2D eigenvalue weighted by Gasteiger charge is 2.08. The molecule has 0 fully saturated rings. The van der Waals surface area contributed by atoms with Crippen LogP contribution in [0.2, 0.25) is 0 Å². The first kappa shape index (κ1) is 14.7. The molecule has 0 saturated carbocycles. The van der Waals surface area contributed by atoms with E-state index in [1.54, 1.807) is 6.07 Å². The van der Waals surface area contributed by atoms with Crippen molar-refractivity contribution >= 4 is 15.9 Å². The third-order valence-corrected chi connectivity index (χ3v) is 3.38. The van der Waals surface area contributed by atoms with Gasteiger partial charge < -0.3 is 5.32 Å². The van der Waals surface area contributed by atoms with Crippen LogP contribution in [0.25, 0.3) is 0 Å². The van der Waals surface area contributed by atoms with E-state index in [0.717, 1.165) is 11.1 Å². The zero-order chi connectivity index (χ0) is 13.8. The number of aryl methyl sites for hydroxylation is 2. The highest BCUT2D eigenvalue weighted by atomic mass is 32.2. The molecule has 5 nitrogen and oxygen atoms in total. The van der Waals surface area contributed by atoms with Gasteiger partial charge in [0, 0.05) is 12.1 Å². The highest BCUT2D eigenvalue weighted by molar-refractivity contribution is 7.89. The number of hydrogen-bond donors (Lipinski definition) is 2. The number of nitrogens with two attached hydrogens (primary N) is 1. The van der Waals surface area contributed by atoms with Crippen molar-refractivity contribution in [2.75, 3.05) is 12.3 Å². The van der Waals surface area contributed by atoms with Gasteiger partial charge in [0.2, 0.25) is 10.0 Å². The molecule has 1 amide bonds. The average Bonchev–Trinajstić information content (AvgIpc) is 2.22. The number of benzene rings is 1. The van der Waals surface area contributed by atoms with E-state index >= 15 is 0 Å². The van der Waals surface area contributed by atoms with Gasteiger partial charge in [-0.05, 0) is 31.9 Å². The zero-order valence-electron chi connectivity index (χ0n) is 10.6. The van der Waals surface area contributed by atoms with Crippen molar-refractivity contribution in [3.05, 3.63) is 34.9 Å². The van der Waals surface area contributed by atoms with Crippen molar-refractivity contribution in [2.24, 2.45) is 5.14 Å². The predicted octanol–water partition coefficient (Wildman–Crippen LogP) is 0.712. The Morgan fingerprint density at radius 2 is 2.00 bits per heavy atom. The Morgan fingerprint density at radius 3 is 2.56 bits per heavy atom. The smallest absolute Gasteiger partial charge is 0.251 e. The van der Waals surface area contributed by atoms with Crippen molar-refractivity contribution in [1.82, 2.24) is 5.32 Å². The fraction of sp³-hybridized carbons (Fsp3) is 0.417. The molecule has 0 bridgehead atoms. The molecule has 1 aromatic rings. The van der Waals surface area contributed by atoms with Crippen LogP contribution in [0.15, 0.2) is 18.2 Å². The fourth-order valence-electron chi connectivity index (χ4n) is 1.64. The van der Waals surface area contributed by atoms with Gasteiger partial charge in [0.05, 0.1) is 5.75 Å². The quantitative estimate of drug-likeness (QED) is 0.772. The first-order chi connectivity index (χ1) is 8.29. The molecule has 0 aromatic heterocycles. The van der Waals surface area contributed by atoms with Gasteiger partial charge in [0.1, 0.15) is 0 Å². The molecule has 18 heavy (non-hydrogen) atoms. The summed E-state index contributed by atoms with van der Waals surface area (Å²) < 4.78 is 21.4. The summed E-state index contributed by atoms with van der Waals surface area (Å²) in [7, 11) is -3.45. The minimum atomic E-state index is -3.45. The topological polar surface area (TPSA) is 89.3 Å². The molecule has 0 aliphatic heterocycles. The number of amides is 1. The zero-order valence-corrected chi connectivity index (χ0v) is 11.4. The number of carbonyl (C=O) groups excluding carboxylic acids is 1. The monoisotopic (exact) mass is 270 g/mol. The molecule has 0 unspecified atom stereocenters. The molecule has 0 aliphatic rings. The van der Waals surface area contributed by atoms with Crippen molar-refractivity contribution in [2.45, 2.75) is 20.3 Å². The van der Waals surface area contributed by atoms with E-state index in [1.807, 2.05) is 26.0 Å². The summed E-state index contributed by atoms with van der Waals surface area (Å²) in [5.41, 5.74) is 2.61. The maximum absolute atomic E-state index is 11.8. The van der Waals surface area contributed by atoms with E-state index < -0.39 is 10.0 Å². The lowest BCUT2D eigenvalue weighted by Gasteiger charge is -2.08. The normalized spacial score (nSPS) is 11.3. The van der Waals surface area contributed by atoms with Gasteiger partial charge in [-0.15, -0.1) is 0 Å². The molecule has 1 rings (SSSR count). The van der Waals surface area contributed by atoms with Crippen LogP contribution in [0.3, 0.4) is 0 Å². The summed E-state index contributed by atoms with van der Waals surface area (Å²) in [6.45, 7) is 4.12. The predicted molar refractivity (Wildman–Crippen MR) is 70.8 cm³/mol. The third-order valence-electron chi connectivity index (χ3n) is 2.52. The van der Waals surface area contributed by atoms with E-state index in [9.17, 15) is 13.2 Å². The number of sulfonamides is 1. The number of nitrogens with one attached hydrogen (secondary N) is 1. The van der Waals surface area contributed by atoms with Gasteiger partial charge in [-0.2, -0.15) is 0 Å². The van der Waals surface area contributed by atoms with Gasteiger partial charge in [0.15, 0.2) is 0 Å². The van der Waals surface area contributed by atoms with Crippen LogP contribution in [0.5, 0.6) is 0 Å². The standard InChI is InChI=1S/C12H18N2O3S/c1-9-4-5-11(10(2)8-9)12(15)14-6-3-7-18(13,16)17/h4-5,8H,3,6-7H2,1-2H3,(H,14,15)(H2,13,16,17). The maximum atomic E-state index is 11.8. The van der Waals surface area contributed by atoms with E-state index in [0.29, 0.717) is 18.5 Å². The van der Waals surface area contributed by atoms with Gasteiger partial charge >= 0.3 is 0 Å². The van der Waals surface area contributed by atoms with Gasteiger partial charge in [-0.25, -0.2) is 13.6 Å². The van der Waals surface area contributed by atoms with E-state index in [4.69, 9.17) is 5.14 Å². The first-order valence-electron chi connectivity index (χ1n) is 5.65. The second-order valence-electron chi connectivity index (χ2n) is 4.29. The first-order valence-corrected chi connectivity index (χ1v) is 7.37. The summed E-state index contributed by atoms with van der Waals surface area (Å²) in [4.78, 5) is 11.8. The second-order valence-corrected chi connectivity index (χ2v) is 6.03. The Hall–Kier alpha value is -1.40. The Balaban J connectivity index is 2.51. The Bertz CT molecular complexity index is 538. The molecule has 0 aliphatic carbocycles. The molecular weight excluding hydrogens is 252 g/mol. The van der Waals surface area contributed by atoms with Crippen LogP contribution in [-0.2, 0) is 10.0 Å². The molecule has 100 valence electrons. The van der Waals surface area contributed by atoms with Crippen molar-refractivity contribution in [3.63, 3.8) is 0 Å². The number of rotatable bonds is 5. The number of carbonyl (C=O) groups is 1. The van der Waals surface area contributed by atoms with Crippen LogP contribution in [-0.4, -0.2) is 26.6 Å². The highest BCUT2D eigenvalue weighted by Crippen LogP contribution is 2.10. The van der Waals surface area contributed by atoms with Crippen LogP contribution in [0, 0.1) is 13.8 Å². The molecular formula is C12H18N2O3S. The van der Waals surface area contributed by atoms with Crippen LogP contribution >= 0.6 is 0 Å². The molecule has 0 heterocycles. The molecule has 0 spiro atoms. The lowest BCUT2D eigenvalue weighted by molar-refractivity contribution is 0.0953. The molecule has 0 atom stereocenters. The van der Waals surface area contributed by atoms with Crippen molar-refractivity contribution in [3.8, 4) is 0 Å². The fourth-order valence-corrected chi connectivity index (χ4v) is 2.19. The Morgan fingerprint density at radius 1 is 1.33 bits per heavy atom. The van der Waals surface area contributed by atoms with Gasteiger partial charge in [0.25, 0.3) is 5.91 Å². The maximum Gasteiger partial charge on any atom is 0.251 e. The summed E-state index contributed by atoms with van der Waals surface area (Å²) in [6.07, 6.45) is 0.315. The summed E-state index contributed by atoms with van der Waals surface area (Å²) >= 11 is 0. The largest absolute Gasteiger partial charge is 0.352 e. The van der Waals surface area contributed by atoms with Gasteiger partial charge in [-0.3, -0.25) is 4.79 Å². The second kappa shape index (κ2) is 5.97. The van der Waals surface area contributed by atoms with Gasteiger partial charge in [-0.1, -0.05) is 17.7 Å². The summed E-state index contributed by atoms with van der Waals surface area (Å²) in [6, 6.07) is 5.56. The molecule has 0 saturated heterocycles. The summed E-state index contributed by atoms with van der Waals surface area (Å²) in [5, 5.41) is 7.54. The Labute approximate surface area is 107 Å². The van der Waals surface area contributed by atoms with Crippen molar-refractivity contribution in [1.29, 1.82) is 0 Å². The molecule has 1 aromatic carbocycles. The lowest BCUT2D eigenvalue weighted by Crippen LogP contribution is -2.27. The molecule has 0 radical (unpaired) electrons.